The van der Waals surface area contributed by atoms with Gasteiger partial charge >= 0.3 is 12.1 Å². The second-order valence-electron chi connectivity index (χ2n) is 3.44. The molecule has 1 rings (SSSR count). The van der Waals surface area contributed by atoms with Crippen molar-refractivity contribution in [3.8, 4) is 0 Å². The molecule has 1 fully saturated rings. The number of carboxylic acid groups (broad SMARTS) is 1. The largest absolute Gasteiger partial charge is 0.480 e. The Morgan fingerprint density at radius 3 is 2.67 bits per heavy atom. The van der Waals surface area contributed by atoms with Gasteiger partial charge in [0, 0.05) is 0 Å². The molecule has 0 saturated carbocycles. The van der Waals surface area contributed by atoms with E-state index in [1.807, 2.05) is 0 Å². The van der Waals surface area contributed by atoms with Crippen molar-refractivity contribution in [3.05, 3.63) is 0 Å². The predicted octanol–water partition coefficient (Wildman–Crippen LogP) is 1.34. The van der Waals surface area contributed by atoms with Crippen LogP contribution in [-0.2, 0) is 4.79 Å². The van der Waals surface area contributed by atoms with Crippen LogP contribution in [0.1, 0.15) is 6.42 Å². The summed E-state index contributed by atoms with van der Waals surface area (Å²) in [6, 6.07) is -1.08. The summed E-state index contributed by atoms with van der Waals surface area (Å²) in [5.41, 5.74) is 0. The van der Waals surface area contributed by atoms with Crippen molar-refractivity contribution >= 4 is 17.7 Å². The molecule has 0 bridgehead atoms. The number of aliphatic carboxylic acids is 1. The summed E-state index contributed by atoms with van der Waals surface area (Å²) in [7, 11) is 0. The van der Waals surface area contributed by atoms with Crippen molar-refractivity contribution in [3.63, 3.8) is 0 Å². The van der Waals surface area contributed by atoms with E-state index in [-0.39, 0.29) is 5.92 Å². The maximum Gasteiger partial charge on any atom is 0.401 e. The molecule has 0 radical (unpaired) electrons. The molecule has 1 heterocycles. The summed E-state index contributed by atoms with van der Waals surface area (Å²) in [5.74, 6) is 0.0332. The molecule has 7 heteroatoms. The van der Waals surface area contributed by atoms with Crippen LogP contribution in [0.2, 0.25) is 0 Å². The Morgan fingerprint density at radius 1 is 1.60 bits per heavy atom. The summed E-state index contributed by atoms with van der Waals surface area (Å²) < 4.78 is 35.7. The minimum atomic E-state index is -4.36. The van der Waals surface area contributed by atoms with E-state index in [1.165, 1.54) is 0 Å². The van der Waals surface area contributed by atoms with Crippen molar-refractivity contribution < 1.29 is 23.1 Å². The highest BCUT2D eigenvalue weighted by Crippen LogP contribution is 2.26. The monoisotopic (exact) mass is 243 g/mol. The lowest BCUT2D eigenvalue weighted by molar-refractivity contribution is -0.145. The van der Waals surface area contributed by atoms with Crippen LogP contribution in [0.25, 0.3) is 0 Å². The van der Waals surface area contributed by atoms with Gasteiger partial charge in [-0.3, -0.25) is 10.1 Å². The molecule has 2 unspecified atom stereocenters. The lowest BCUT2D eigenvalue weighted by Crippen LogP contribution is -2.46. The first-order valence-electron chi connectivity index (χ1n) is 4.51. The van der Waals surface area contributed by atoms with E-state index in [2.05, 4.69) is 5.32 Å². The molecule has 0 aromatic carbocycles. The van der Waals surface area contributed by atoms with Crippen molar-refractivity contribution in [2.24, 2.45) is 5.92 Å². The zero-order chi connectivity index (χ0) is 11.5. The van der Waals surface area contributed by atoms with Crippen LogP contribution in [0.15, 0.2) is 0 Å². The Kier molecular flexibility index (Phi) is 4.27. The van der Waals surface area contributed by atoms with E-state index in [9.17, 15) is 18.0 Å². The third-order valence-electron chi connectivity index (χ3n) is 2.22. The second kappa shape index (κ2) is 5.07. The van der Waals surface area contributed by atoms with Crippen LogP contribution >= 0.6 is 11.8 Å². The van der Waals surface area contributed by atoms with Crippen molar-refractivity contribution in [1.82, 2.24) is 5.32 Å². The normalized spacial score (nSPS) is 24.1. The molecule has 3 nitrogen and oxygen atoms in total. The Morgan fingerprint density at radius 2 is 2.27 bits per heavy atom. The molecule has 0 spiro atoms. The van der Waals surface area contributed by atoms with Crippen LogP contribution in [-0.4, -0.2) is 41.3 Å². The van der Waals surface area contributed by atoms with Crippen LogP contribution in [0.5, 0.6) is 0 Å². The number of thioether (sulfide) groups is 1. The molecule has 0 amide bonds. The standard InChI is InChI=1S/C8H12F3NO2S/c9-8(10,11)4-12-6(7(13)14)5-1-2-15-3-5/h5-6,12H,1-4H2,(H,13,14). The molecule has 1 aliphatic heterocycles. The molecule has 15 heavy (non-hydrogen) atoms. The van der Waals surface area contributed by atoms with Gasteiger partial charge < -0.3 is 5.11 Å². The Bertz CT molecular complexity index is 228. The summed E-state index contributed by atoms with van der Waals surface area (Å²) in [6.45, 7) is -1.24. The first kappa shape index (κ1) is 12.6. The zero-order valence-corrected chi connectivity index (χ0v) is 8.70. The summed E-state index contributed by atoms with van der Waals surface area (Å²) in [5, 5.41) is 10.9. The first-order chi connectivity index (χ1) is 6.90. The molecule has 0 aromatic heterocycles. The number of carbonyl (C=O) groups is 1. The van der Waals surface area contributed by atoms with Crippen LogP contribution in [0.4, 0.5) is 13.2 Å². The average molecular weight is 243 g/mol. The second-order valence-corrected chi connectivity index (χ2v) is 4.59. The summed E-state index contributed by atoms with van der Waals surface area (Å²) in [4.78, 5) is 10.8. The third-order valence-corrected chi connectivity index (χ3v) is 3.41. The Balaban J connectivity index is 2.47. The van der Waals surface area contributed by atoms with Gasteiger partial charge in [0.05, 0.1) is 6.54 Å². The van der Waals surface area contributed by atoms with Gasteiger partial charge in [0.25, 0.3) is 0 Å². The van der Waals surface area contributed by atoms with Gasteiger partial charge in [-0.05, 0) is 23.8 Å². The molecule has 1 aliphatic rings. The van der Waals surface area contributed by atoms with E-state index in [0.29, 0.717) is 12.2 Å². The smallest absolute Gasteiger partial charge is 0.401 e. The molecular formula is C8H12F3NO2S. The van der Waals surface area contributed by atoms with Crippen LogP contribution in [0.3, 0.4) is 0 Å². The summed E-state index contributed by atoms with van der Waals surface area (Å²) >= 11 is 1.58. The maximum absolute atomic E-state index is 11.9. The highest BCUT2D eigenvalue weighted by Gasteiger charge is 2.35. The van der Waals surface area contributed by atoms with Gasteiger partial charge in [-0.2, -0.15) is 24.9 Å². The lowest BCUT2D eigenvalue weighted by atomic mass is 9.99. The van der Waals surface area contributed by atoms with E-state index in [4.69, 9.17) is 5.11 Å². The zero-order valence-electron chi connectivity index (χ0n) is 7.88. The summed E-state index contributed by atoms with van der Waals surface area (Å²) in [6.07, 6.45) is -3.70. The molecule has 0 aliphatic carbocycles. The molecule has 0 aromatic rings. The molecule has 2 atom stereocenters. The average Bonchev–Trinajstić information content (AvgIpc) is 2.54. The van der Waals surface area contributed by atoms with Gasteiger partial charge in [0.1, 0.15) is 6.04 Å². The fourth-order valence-corrected chi connectivity index (χ4v) is 2.79. The number of rotatable bonds is 4. The van der Waals surface area contributed by atoms with Gasteiger partial charge in [0.2, 0.25) is 0 Å². The topological polar surface area (TPSA) is 49.3 Å². The van der Waals surface area contributed by atoms with Crippen molar-refractivity contribution in [2.45, 2.75) is 18.6 Å². The van der Waals surface area contributed by atoms with Gasteiger partial charge in [0.15, 0.2) is 0 Å². The molecular weight excluding hydrogens is 231 g/mol. The quantitative estimate of drug-likeness (QED) is 0.782. The number of nitrogens with one attached hydrogen (secondary N) is 1. The Hall–Kier alpha value is -0.430. The minimum Gasteiger partial charge on any atom is -0.480 e. The first-order valence-corrected chi connectivity index (χ1v) is 5.66. The SMILES string of the molecule is O=C(O)C(NCC(F)(F)F)C1CCSC1. The number of halogens is 3. The fourth-order valence-electron chi connectivity index (χ4n) is 1.50. The highest BCUT2D eigenvalue weighted by atomic mass is 32.2. The number of hydrogen-bond donors (Lipinski definition) is 2. The van der Waals surface area contributed by atoms with Gasteiger partial charge in [-0.25, -0.2) is 0 Å². The van der Waals surface area contributed by atoms with Gasteiger partial charge in [-0.15, -0.1) is 0 Å². The number of alkyl halides is 3. The fraction of sp³-hybridized carbons (Fsp3) is 0.875. The molecule has 2 N–H and O–H groups in total. The van der Waals surface area contributed by atoms with E-state index in [1.54, 1.807) is 11.8 Å². The maximum atomic E-state index is 11.9. The third kappa shape index (κ3) is 4.29. The molecule has 1 saturated heterocycles. The minimum absolute atomic E-state index is 0.199. The van der Waals surface area contributed by atoms with E-state index >= 15 is 0 Å². The van der Waals surface area contributed by atoms with Crippen molar-refractivity contribution in [2.75, 3.05) is 18.1 Å². The number of hydrogen-bond acceptors (Lipinski definition) is 3. The molecule has 88 valence electrons. The van der Waals surface area contributed by atoms with Gasteiger partial charge in [-0.1, -0.05) is 0 Å². The van der Waals surface area contributed by atoms with Crippen LogP contribution in [0, 0.1) is 5.92 Å². The van der Waals surface area contributed by atoms with Crippen LogP contribution < -0.4 is 5.32 Å². The lowest BCUT2D eigenvalue weighted by Gasteiger charge is -2.20. The van der Waals surface area contributed by atoms with Crippen molar-refractivity contribution in [1.29, 1.82) is 0 Å². The number of carboxylic acids is 1. The van der Waals surface area contributed by atoms with E-state index in [0.717, 1.165) is 5.75 Å². The Labute approximate surface area is 89.4 Å². The predicted molar refractivity (Wildman–Crippen MR) is 50.9 cm³/mol. The van der Waals surface area contributed by atoms with E-state index < -0.39 is 24.7 Å². The highest BCUT2D eigenvalue weighted by molar-refractivity contribution is 7.99.